The highest BCUT2D eigenvalue weighted by atomic mass is 32.2. The fourth-order valence-corrected chi connectivity index (χ4v) is 3.01. The minimum Gasteiger partial charge on any atom is -0.507 e. The predicted molar refractivity (Wildman–Crippen MR) is 82.4 cm³/mol. The topological polar surface area (TPSA) is 57.5 Å². The molecule has 3 nitrogen and oxygen atoms in total. The van der Waals surface area contributed by atoms with Gasteiger partial charge in [0.25, 0.3) is 0 Å². The monoisotopic (exact) mass is 290 g/mol. The number of phenols is 2. The molecule has 0 saturated heterocycles. The van der Waals surface area contributed by atoms with E-state index >= 15 is 0 Å². The Morgan fingerprint density at radius 2 is 1.90 bits per heavy atom. The van der Waals surface area contributed by atoms with Crippen LogP contribution < -0.4 is 0 Å². The molecule has 2 aromatic carbocycles. The second-order valence-corrected chi connectivity index (χ2v) is 5.91. The van der Waals surface area contributed by atoms with Gasteiger partial charge in [-0.2, -0.15) is 0 Å². The third-order valence-corrected chi connectivity index (χ3v) is 4.30. The number of benzene rings is 2. The quantitative estimate of drug-likeness (QED) is 0.645. The lowest BCUT2D eigenvalue weighted by molar-refractivity contribution is 0.457. The Kier molecular flexibility index (Phi) is 4.79. The second-order valence-electron chi connectivity index (χ2n) is 4.60. The average molecular weight is 290 g/mol. The van der Waals surface area contributed by atoms with Crippen LogP contribution in [0.5, 0.6) is 11.5 Å². The van der Waals surface area contributed by atoms with Crippen molar-refractivity contribution in [3.8, 4) is 11.5 Å². The summed E-state index contributed by atoms with van der Waals surface area (Å²) in [6.07, 6.45) is 4.84. The molecule has 4 heteroatoms. The van der Waals surface area contributed by atoms with E-state index in [1.54, 1.807) is 29.7 Å². The zero-order valence-electron chi connectivity index (χ0n) is 11.4. The number of unbranched alkanes of at least 4 members (excludes halogenated alkanes) is 2. The Morgan fingerprint density at radius 3 is 2.60 bits per heavy atom. The summed E-state index contributed by atoms with van der Waals surface area (Å²) in [6.45, 7) is 2.10. The van der Waals surface area contributed by atoms with Crippen molar-refractivity contribution in [1.82, 2.24) is 0 Å². The van der Waals surface area contributed by atoms with E-state index in [1.165, 1.54) is 6.07 Å². The van der Waals surface area contributed by atoms with Crippen LogP contribution in [0.15, 0.2) is 46.7 Å². The van der Waals surface area contributed by atoms with E-state index < -0.39 is 10.8 Å². The van der Waals surface area contributed by atoms with Crippen LogP contribution in [-0.4, -0.2) is 14.4 Å². The Morgan fingerprint density at radius 1 is 1.20 bits per heavy atom. The summed E-state index contributed by atoms with van der Waals surface area (Å²) in [7, 11) is -1.46. The maximum absolute atomic E-state index is 12.2. The Labute approximate surface area is 121 Å². The van der Waals surface area contributed by atoms with Gasteiger partial charge in [0.15, 0.2) is 0 Å². The molecule has 0 spiro atoms. The van der Waals surface area contributed by atoms with Crippen molar-refractivity contribution in [1.29, 1.82) is 0 Å². The van der Waals surface area contributed by atoms with E-state index in [9.17, 15) is 14.4 Å². The van der Waals surface area contributed by atoms with Gasteiger partial charge >= 0.3 is 0 Å². The van der Waals surface area contributed by atoms with Crippen LogP contribution in [0, 0.1) is 0 Å². The predicted octanol–water partition coefficient (Wildman–Crippen LogP) is 4.06. The SMILES string of the molecule is CCCC/C=C/S(=O)c1cc(O)c2ccccc2c1O. The van der Waals surface area contributed by atoms with E-state index in [-0.39, 0.29) is 16.4 Å². The third-order valence-electron chi connectivity index (χ3n) is 3.12. The van der Waals surface area contributed by atoms with Crippen LogP contribution in [0.1, 0.15) is 26.2 Å². The minimum absolute atomic E-state index is 0.0307. The number of hydrogen-bond acceptors (Lipinski definition) is 3. The van der Waals surface area contributed by atoms with Gasteiger partial charge in [-0.1, -0.05) is 50.1 Å². The van der Waals surface area contributed by atoms with E-state index in [0.29, 0.717) is 10.8 Å². The molecule has 0 heterocycles. The Bertz CT molecular complexity index is 662. The summed E-state index contributed by atoms with van der Waals surface area (Å²) in [6, 6.07) is 8.34. The molecular formula is C16H18O3S. The molecule has 0 aliphatic heterocycles. The van der Waals surface area contributed by atoms with Crippen LogP contribution in [0.3, 0.4) is 0 Å². The van der Waals surface area contributed by atoms with Gasteiger partial charge in [-0.25, -0.2) is 4.21 Å². The fourth-order valence-electron chi connectivity index (χ4n) is 2.02. The first kappa shape index (κ1) is 14.6. The molecule has 0 aliphatic rings. The average Bonchev–Trinajstić information content (AvgIpc) is 2.47. The zero-order valence-corrected chi connectivity index (χ0v) is 12.2. The zero-order chi connectivity index (χ0) is 14.5. The first-order valence-electron chi connectivity index (χ1n) is 6.66. The first-order chi connectivity index (χ1) is 9.65. The molecular weight excluding hydrogens is 272 g/mol. The van der Waals surface area contributed by atoms with Gasteiger partial charge in [-0.05, 0) is 6.42 Å². The summed E-state index contributed by atoms with van der Waals surface area (Å²) in [5, 5.41) is 22.8. The van der Waals surface area contributed by atoms with Crippen molar-refractivity contribution in [2.24, 2.45) is 0 Å². The van der Waals surface area contributed by atoms with Crippen molar-refractivity contribution in [3.05, 3.63) is 41.8 Å². The highest BCUT2D eigenvalue weighted by Gasteiger charge is 2.13. The second kappa shape index (κ2) is 6.57. The molecule has 0 radical (unpaired) electrons. The molecule has 1 atom stereocenters. The van der Waals surface area contributed by atoms with Gasteiger partial charge in [0.1, 0.15) is 11.5 Å². The lowest BCUT2D eigenvalue weighted by Crippen LogP contribution is -1.89. The summed E-state index contributed by atoms with van der Waals surface area (Å²) < 4.78 is 12.2. The fraction of sp³-hybridized carbons (Fsp3) is 0.250. The van der Waals surface area contributed by atoms with Gasteiger partial charge in [-0.3, -0.25) is 0 Å². The van der Waals surface area contributed by atoms with E-state index in [4.69, 9.17) is 0 Å². The summed E-state index contributed by atoms with van der Waals surface area (Å²) in [4.78, 5) is 0.244. The lowest BCUT2D eigenvalue weighted by Gasteiger charge is -2.08. The smallest absolute Gasteiger partial charge is 0.140 e. The van der Waals surface area contributed by atoms with Gasteiger partial charge in [0, 0.05) is 22.2 Å². The van der Waals surface area contributed by atoms with Crippen LogP contribution in [0.25, 0.3) is 10.8 Å². The number of hydrogen-bond donors (Lipinski definition) is 2. The summed E-state index contributed by atoms with van der Waals surface area (Å²) in [5.41, 5.74) is 0. The van der Waals surface area contributed by atoms with Gasteiger partial charge in [0.2, 0.25) is 0 Å². The number of rotatable bonds is 5. The summed E-state index contributed by atoms with van der Waals surface area (Å²) in [5.74, 6) is 0.000540. The maximum Gasteiger partial charge on any atom is 0.140 e. The Balaban J connectivity index is 2.37. The van der Waals surface area contributed by atoms with E-state index in [2.05, 4.69) is 6.92 Å². The van der Waals surface area contributed by atoms with Crippen molar-refractivity contribution in [3.63, 3.8) is 0 Å². The van der Waals surface area contributed by atoms with Crippen LogP contribution in [0.4, 0.5) is 0 Å². The molecule has 0 aromatic heterocycles. The molecule has 20 heavy (non-hydrogen) atoms. The van der Waals surface area contributed by atoms with Crippen molar-refractivity contribution < 1.29 is 14.4 Å². The molecule has 0 saturated carbocycles. The van der Waals surface area contributed by atoms with E-state index in [1.807, 2.05) is 6.08 Å². The summed E-state index contributed by atoms with van der Waals surface area (Å²) >= 11 is 0. The molecule has 0 bridgehead atoms. The number of fused-ring (bicyclic) bond motifs is 1. The van der Waals surface area contributed by atoms with Gasteiger partial charge in [0.05, 0.1) is 15.7 Å². The largest absolute Gasteiger partial charge is 0.507 e. The minimum atomic E-state index is -1.46. The van der Waals surface area contributed by atoms with Crippen molar-refractivity contribution >= 4 is 21.6 Å². The van der Waals surface area contributed by atoms with Crippen molar-refractivity contribution in [2.45, 2.75) is 31.1 Å². The molecule has 106 valence electrons. The van der Waals surface area contributed by atoms with Crippen LogP contribution in [-0.2, 0) is 10.8 Å². The first-order valence-corrected chi connectivity index (χ1v) is 7.87. The van der Waals surface area contributed by atoms with Crippen LogP contribution in [0.2, 0.25) is 0 Å². The number of allylic oxidation sites excluding steroid dienone is 1. The van der Waals surface area contributed by atoms with Crippen LogP contribution >= 0.6 is 0 Å². The van der Waals surface area contributed by atoms with Gasteiger partial charge < -0.3 is 10.2 Å². The molecule has 2 rings (SSSR count). The molecule has 0 amide bonds. The highest BCUT2D eigenvalue weighted by molar-refractivity contribution is 7.88. The van der Waals surface area contributed by atoms with Gasteiger partial charge in [-0.15, -0.1) is 0 Å². The highest BCUT2D eigenvalue weighted by Crippen LogP contribution is 2.37. The Hall–Kier alpha value is -1.81. The third kappa shape index (κ3) is 3.02. The normalized spacial score (nSPS) is 13.1. The molecule has 2 N–H and O–H groups in total. The maximum atomic E-state index is 12.2. The number of phenolic OH excluding ortho intramolecular Hbond substituents is 2. The standard InChI is InChI=1S/C16H18O3S/c1-2-3-4-7-10-20(19)15-11-14(17)12-8-5-6-9-13(12)16(15)18/h5-11,17-18H,2-4H2,1H3/b10-7+. The molecule has 0 aliphatic carbocycles. The van der Waals surface area contributed by atoms with E-state index in [0.717, 1.165) is 19.3 Å². The number of aromatic hydroxyl groups is 2. The molecule has 0 fully saturated rings. The lowest BCUT2D eigenvalue weighted by atomic mass is 10.1. The molecule has 2 aromatic rings. The van der Waals surface area contributed by atoms with Crippen molar-refractivity contribution in [2.75, 3.05) is 0 Å². The molecule has 1 unspecified atom stereocenters.